The number of rotatable bonds is 9. The Labute approximate surface area is 199 Å². The van der Waals surface area contributed by atoms with Crippen LogP contribution in [-0.2, 0) is 4.79 Å². The summed E-state index contributed by atoms with van der Waals surface area (Å²) >= 11 is 0. The van der Waals surface area contributed by atoms with E-state index >= 15 is 0 Å². The van der Waals surface area contributed by atoms with Gasteiger partial charge in [0.25, 0.3) is 0 Å². The molecule has 1 heterocycles. The molecular weight excluding hydrogens is 435 g/mol. The SMILES string of the molecule is CC(=N)N1CCC(Oc2ccc(N(CC=Cc3cccc(C(=N)N)c3)CC(N)=O)cc2F)CC1. The van der Waals surface area contributed by atoms with Gasteiger partial charge >= 0.3 is 0 Å². The fourth-order valence-electron chi connectivity index (χ4n) is 3.85. The van der Waals surface area contributed by atoms with Crippen LogP contribution in [0, 0.1) is 16.6 Å². The van der Waals surface area contributed by atoms with Gasteiger partial charge in [-0.3, -0.25) is 15.6 Å². The molecule has 1 amide bonds. The minimum Gasteiger partial charge on any atom is -0.487 e. The molecule has 0 unspecified atom stereocenters. The van der Waals surface area contributed by atoms with Crippen molar-refractivity contribution in [3.05, 3.63) is 65.5 Å². The summed E-state index contributed by atoms with van der Waals surface area (Å²) in [6, 6.07) is 11.9. The van der Waals surface area contributed by atoms with E-state index < -0.39 is 11.7 Å². The largest absolute Gasteiger partial charge is 0.487 e. The molecule has 1 aliphatic rings. The lowest BCUT2D eigenvalue weighted by Crippen LogP contribution is -2.40. The number of benzene rings is 2. The number of nitrogens with two attached hydrogens (primary N) is 2. The number of anilines is 1. The van der Waals surface area contributed by atoms with Crippen molar-refractivity contribution in [2.75, 3.05) is 31.1 Å². The Bertz CT molecular complexity index is 1080. The molecule has 1 saturated heterocycles. The Morgan fingerprint density at radius 2 is 1.94 bits per heavy atom. The lowest BCUT2D eigenvalue weighted by Gasteiger charge is -2.33. The van der Waals surface area contributed by atoms with Crippen LogP contribution in [0.4, 0.5) is 10.1 Å². The van der Waals surface area contributed by atoms with Gasteiger partial charge in [0.2, 0.25) is 5.91 Å². The second-order valence-electron chi connectivity index (χ2n) is 8.29. The number of piperidine rings is 1. The van der Waals surface area contributed by atoms with E-state index in [0.29, 0.717) is 36.7 Å². The first kappa shape index (κ1) is 24.8. The molecule has 0 saturated carbocycles. The highest BCUT2D eigenvalue weighted by atomic mass is 19.1. The van der Waals surface area contributed by atoms with Crippen LogP contribution < -0.4 is 21.1 Å². The molecule has 0 aromatic heterocycles. The zero-order valence-corrected chi connectivity index (χ0v) is 19.3. The fourth-order valence-corrected chi connectivity index (χ4v) is 3.85. The maximum Gasteiger partial charge on any atom is 0.236 e. The molecule has 34 heavy (non-hydrogen) atoms. The Hall–Kier alpha value is -3.88. The minimum atomic E-state index is -0.527. The number of nitrogen functional groups attached to an aromatic ring is 1. The smallest absolute Gasteiger partial charge is 0.236 e. The van der Waals surface area contributed by atoms with Crippen molar-refractivity contribution in [2.24, 2.45) is 11.5 Å². The second kappa shape index (κ2) is 11.3. The molecule has 0 aliphatic carbocycles. The lowest BCUT2D eigenvalue weighted by molar-refractivity contribution is -0.116. The monoisotopic (exact) mass is 466 g/mol. The Morgan fingerprint density at radius 3 is 2.56 bits per heavy atom. The average molecular weight is 467 g/mol. The summed E-state index contributed by atoms with van der Waals surface area (Å²) in [6.07, 6.45) is 5.02. The van der Waals surface area contributed by atoms with Crippen molar-refractivity contribution in [3.63, 3.8) is 0 Å². The van der Waals surface area contributed by atoms with E-state index in [1.54, 1.807) is 36.1 Å². The number of hydrogen-bond acceptors (Lipinski definition) is 5. The molecule has 1 fully saturated rings. The number of nitrogens with one attached hydrogen (secondary N) is 2. The molecule has 9 heteroatoms. The van der Waals surface area contributed by atoms with Crippen molar-refractivity contribution in [1.29, 1.82) is 10.8 Å². The zero-order chi connectivity index (χ0) is 24.7. The van der Waals surface area contributed by atoms with Gasteiger partial charge in [-0.1, -0.05) is 30.4 Å². The van der Waals surface area contributed by atoms with Gasteiger partial charge in [0.05, 0.1) is 12.4 Å². The van der Waals surface area contributed by atoms with E-state index in [1.165, 1.54) is 6.07 Å². The lowest BCUT2D eigenvalue weighted by atomic mass is 10.1. The maximum absolute atomic E-state index is 14.9. The summed E-state index contributed by atoms with van der Waals surface area (Å²) < 4.78 is 20.7. The standard InChI is InChI=1S/C25H31FN6O2/c1-17(27)31-12-9-21(10-13-31)34-23-8-7-20(15-22(23)26)32(16-24(28)33)11-3-5-18-4-2-6-19(14-18)25(29)30/h2-8,14-15,21,27H,9-13,16H2,1H3,(H2,28,33)(H3,29,30). The molecule has 0 atom stereocenters. The van der Waals surface area contributed by atoms with Gasteiger partial charge in [-0.2, -0.15) is 0 Å². The van der Waals surface area contributed by atoms with Gasteiger partial charge in [0, 0.05) is 49.8 Å². The molecule has 2 aromatic carbocycles. The van der Waals surface area contributed by atoms with Gasteiger partial charge in [0.15, 0.2) is 11.6 Å². The molecule has 0 radical (unpaired) electrons. The molecule has 3 rings (SSSR count). The third-order valence-electron chi connectivity index (χ3n) is 5.67. The molecule has 2 aromatic rings. The van der Waals surface area contributed by atoms with E-state index in [9.17, 15) is 9.18 Å². The number of carbonyl (C=O) groups is 1. The molecule has 180 valence electrons. The Balaban J connectivity index is 1.67. The second-order valence-corrected chi connectivity index (χ2v) is 8.29. The first-order chi connectivity index (χ1) is 16.2. The summed E-state index contributed by atoms with van der Waals surface area (Å²) in [7, 11) is 0. The number of amides is 1. The van der Waals surface area contributed by atoms with E-state index in [4.69, 9.17) is 27.0 Å². The molecule has 8 nitrogen and oxygen atoms in total. The van der Waals surface area contributed by atoms with E-state index in [1.807, 2.05) is 29.2 Å². The van der Waals surface area contributed by atoms with Crippen LogP contribution in [0.2, 0.25) is 0 Å². The van der Waals surface area contributed by atoms with Crippen LogP contribution in [0.1, 0.15) is 30.9 Å². The number of carbonyl (C=O) groups excluding carboxylic acids is 1. The number of amidine groups is 2. The number of primary amides is 1. The summed E-state index contributed by atoms with van der Waals surface area (Å²) in [4.78, 5) is 15.3. The summed E-state index contributed by atoms with van der Waals surface area (Å²) in [6.45, 7) is 3.45. The van der Waals surface area contributed by atoms with Gasteiger partial charge < -0.3 is 26.0 Å². The molecule has 0 spiro atoms. The first-order valence-corrected chi connectivity index (χ1v) is 11.1. The van der Waals surface area contributed by atoms with Crippen molar-refractivity contribution < 1.29 is 13.9 Å². The van der Waals surface area contributed by atoms with Gasteiger partial charge in [0.1, 0.15) is 11.9 Å². The van der Waals surface area contributed by atoms with Gasteiger partial charge in [-0.25, -0.2) is 4.39 Å². The molecular formula is C25H31FN6O2. The number of ether oxygens (including phenoxy) is 1. The number of halogens is 1. The quantitative estimate of drug-likeness (QED) is 0.333. The van der Waals surface area contributed by atoms with Crippen LogP contribution in [0.15, 0.2) is 48.5 Å². The minimum absolute atomic E-state index is 0.0150. The first-order valence-electron chi connectivity index (χ1n) is 11.1. The summed E-state index contributed by atoms with van der Waals surface area (Å²) in [5.41, 5.74) is 12.9. The third-order valence-corrected chi connectivity index (χ3v) is 5.67. The van der Waals surface area contributed by atoms with Gasteiger partial charge in [-0.15, -0.1) is 0 Å². The molecule has 6 N–H and O–H groups in total. The molecule has 0 bridgehead atoms. The van der Waals surface area contributed by atoms with Gasteiger partial charge in [-0.05, 0) is 30.7 Å². The third kappa shape index (κ3) is 6.81. The van der Waals surface area contributed by atoms with Crippen LogP contribution in [0.3, 0.4) is 0 Å². The summed E-state index contributed by atoms with van der Waals surface area (Å²) in [5, 5.41) is 15.3. The van der Waals surface area contributed by atoms with Crippen LogP contribution >= 0.6 is 0 Å². The maximum atomic E-state index is 14.9. The summed E-state index contributed by atoms with van der Waals surface area (Å²) in [5.74, 6) is -0.343. The normalized spacial score (nSPS) is 14.2. The van der Waals surface area contributed by atoms with E-state index in [-0.39, 0.29) is 24.2 Å². The van der Waals surface area contributed by atoms with Crippen molar-refractivity contribution in [2.45, 2.75) is 25.9 Å². The van der Waals surface area contributed by atoms with E-state index in [2.05, 4.69) is 0 Å². The Kier molecular flexibility index (Phi) is 8.24. The highest BCUT2D eigenvalue weighted by molar-refractivity contribution is 5.95. The molecule has 1 aliphatic heterocycles. The van der Waals surface area contributed by atoms with Crippen LogP contribution in [0.5, 0.6) is 5.75 Å². The Morgan fingerprint density at radius 1 is 1.21 bits per heavy atom. The highest BCUT2D eigenvalue weighted by Gasteiger charge is 2.22. The van der Waals surface area contributed by atoms with Crippen molar-refractivity contribution in [3.8, 4) is 5.75 Å². The van der Waals surface area contributed by atoms with Crippen molar-refractivity contribution in [1.82, 2.24) is 4.90 Å². The number of nitrogens with zero attached hydrogens (tertiary/aromatic N) is 2. The average Bonchev–Trinajstić information content (AvgIpc) is 2.80. The van der Waals surface area contributed by atoms with Crippen LogP contribution in [-0.4, -0.2) is 54.8 Å². The van der Waals surface area contributed by atoms with Crippen molar-refractivity contribution >= 4 is 29.3 Å². The number of likely N-dealkylation sites (tertiary alicyclic amines) is 1. The predicted molar refractivity (Wildman–Crippen MR) is 133 cm³/mol. The van der Waals surface area contributed by atoms with E-state index in [0.717, 1.165) is 18.4 Å². The zero-order valence-electron chi connectivity index (χ0n) is 19.3. The predicted octanol–water partition coefficient (Wildman–Crippen LogP) is 2.96. The number of hydrogen-bond donors (Lipinski definition) is 4. The fraction of sp³-hybridized carbons (Fsp3) is 0.320. The topological polar surface area (TPSA) is 133 Å². The highest BCUT2D eigenvalue weighted by Crippen LogP contribution is 2.27. The van der Waals surface area contributed by atoms with Crippen LogP contribution in [0.25, 0.3) is 6.08 Å².